The van der Waals surface area contributed by atoms with E-state index in [4.69, 9.17) is 4.74 Å². The molecule has 0 bridgehead atoms. The molecule has 1 atom stereocenters. The van der Waals surface area contributed by atoms with Crippen LogP contribution in [0.1, 0.15) is 33.7 Å². The maximum absolute atomic E-state index is 11.6. The fraction of sp³-hybridized carbons (Fsp3) is 0.455. The molecule has 2 heterocycles. The lowest BCUT2D eigenvalue weighted by molar-refractivity contribution is 0.0491. The van der Waals surface area contributed by atoms with Crippen LogP contribution in [0.3, 0.4) is 0 Å². The third kappa shape index (κ3) is 5.38. The van der Waals surface area contributed by atoms with E-state index >= 15 is 0 Å². The summed E-state index contributed by atoms with van der Waals surface area (Å²) in [6.07, 6.45) is 0.754. The molecule has 1 aromatic heterocycles. The van der Waals surface area contributed by atoms with Gasteiger partial charge in [-0.2, -0.15) is 0 Å². The van der Waals surface area contributed by atoms with Crippen LogP contribution in [0.2, 0.25) is 0 Å². The van der Waals surface area contributed by atoms with Crippen LogP contribution in [0.4, 0.5) is 0 Å². The number of hydrogen-bond donors (Lipinski definition) is 1. The van der Waals surface area contributed by atoms with Crippen LogP contribution >= 0.6 is 0 Å². The summed E-state index contributed by atoms with van der Waals surface area (Å²) in [7, 11) is 1.39. The van der Waals surface area contributed by atoms with E-state index in [-0.39, 0.29) is 12.6 Å². The van der Waals surface area contributed by atoms with E-state index in [1.54, 1.807) is 0 Å². The fourth-order valence-corrected chi connectivity index (χ4v) is 3.75. The minimum atomic E-state index is -0.312. The maximum Gasteiger partial charge on any atom is 0.337 e. The van der Waals surface area contributed by atoms with Crippen LogP contribution in [0.15, 0.2) is 42.5 Å². The number of piperazine rings is 1. The van der Waals surface area contributed by atoms with Crippen molar-refractivity contribution < 1.29 is 14.6 Å². The van der Waals surface area contributed by atoms with E-state index in [2.05, 4.69) is 20.9 Å². The summed E-state index contributed by atoms with van der Waals surface area (Å²) in [4.78, 5) is 21.0. The Morgan fingerprint density at radius 1 is 1.18 bits per heavy atom. The smallest absolute Gasteiger partial charge is 0.337 e. The Labute approximate surface area is 166 Å². The molecular weight excluding hydrogens is 354 g/mol. The Hall–Kier alpha value is -2.28. The molecule has 0 aliphatic carbocycles. The predicted molar refractivity (Wildman–Crippen MR) is 108 cm³/mol. The molecule has 1 aliphatic heterocycles. The number of hydrogen-bond acceptors (Lipinski definition) is 6. The number of carbonyl (C=O) groups excluding carboxylic acids is 1. The summed E-state index contributed by atoms with van der Waals surface area (Å²) in [6.45, 7) is 6.66. The predicted octanol–water partition coefficient (Wildman–Crippen LogP) is 2.25. The number of aliphatic hydroxyl groups excluding tert-OH is 1. The molecule has 1 saturated heterocycles. The third-order valence-electron chi connectivity index (χ3n) is 5.24. The summed E-state index contributed by atoms with van der Waals surface area (Å²) in [5.41, 5.74) is 3.85. The number of carbonyl (C=O) groups is 1. The van der Waals surface area contributed by atoms with Gasteiger partial charge in [0.25, 0.3) is 0 Å². The Morgan fingerprint density at radius 3 is 2.64 bits per heavy atom. The monoisotopic (exact) mass is 383 g/mol. The highest BCUT2D eigenvalue weighted by molar-refractivity contribution is 5.89. The van der Waals surface area contributed by atoms with Crippen LogP contribution in [-0.2, 0) is 17.8 Å². The van der Waals surface area contributed by atoms with Crippen LogP contribution in [0.5, 0.6) is 0 Å². The van der Waals surface area contributed by atoms with Crippen molar-refractivity contribution in [3.05, 3.63) is 65.0 Å². The quantitative estimate of drug-likeness (QED) is 0.740. The molecule has 1 fully saturated rings. The van der Waals surface area contributed by atoms with Gasteiger partial charge in [-0.05, 0) is 43.2 Å². The number of aliphatic hydroxyl groups is 1. The molecule has 6 heteroatoms. The summed E-state index contributed by atoms with van der Waals surface area (Å²) in [5.74, 6) is -0.312. The second-order valence-electron chi connectivity index (χ2n) is 7.33. The van der Waals surface area contributed by atoms with Gasteiger partial charge in [-0.25, -0.2) is 4.79 Å². The zero-order valence-electron chi connectivity index (χ0n) is 16.7. The van der Waals surface area contributed by atoms with Gasteiger partial charge >= 0.3 is 5.97 Å². The summed E-state index contributed by atoms with van der Waals surface area (Å²) >= 11 is 0. The van der Waals surface area contributed by atoms with Crippen molar-refractivity contribution in [2.24, 2.45) is 0 Å². The van der Waals surface area contributed by atoms with E-state index in [0.29, 0.717) is 11.6 Å². The average molecular weight is 383 g/mol. The zero-order chi connectivity index (χ0) is 19.9. The third-order valence-corrected chi connectivity index (χ3v) is 5.24. The number of rotatable bonds is 7. The molecule has 1 unspecified atom stereocenters. The molecule has 1 aromatic carbocycles. The molecule has 0 radical (unpaired) electrons. The first-order valence-electron chi connectivity index (χ1n) is 9.76. The Morgan fingerprint density at radius 2 is 1.96 bits per heavy atom. The van der Waals surface area contributed by atoms with Gasteiger partial charge in [0.2, 0.25) is 0 Å². The van der Waals surface area contributed by atoms with E-state index < -0.39 is 0 Å². The van der Waals surface area contributed by atoms with Crippen molar-refractivity contribution in [3.63, 3.8) is 0 Å². The number of nitrogens with zero attached hydrogens (tertiary/aromatic N) is 3. The Kier molecular flexibility index (Phi) is 7.14. The lowest BCUT2D eigenvalue weighted by atomic mass is 10.1. The van der Waals surface area contributed by atoms with Gasteiger partial charge in [0.05, 0.1) is 18.4 Å². The van der Waals surface area contributed by atoms with E-state index in [9.17, 15) is 9.90 Å². The Bertz CT molecular complexity index is 779. The van der Waals surface area contributed by atoms with Crippen molar-refractivity contribution in [2.75, 3.05) is 33.4 Å². The Balaban J connectivity index is 1.61. The van der Waals surface area contributed by atoms with Gasteiger partial charge in [-0.1, -0.05) is 18.2 Å². The van der Waals surface area contributed by atoms with Gasteiger partial charge in [-0.3, -0.25) is 14.8 Å². The molecular formula is C22H29N3O3. The minimum Gasteiger partial charge on any atom is -0.465 e. The van der Waals surface area contributed by atoms with Crippen LogP contribution < -0.4 is 0 Å². The highest BCUT2D eigenvalue weighted by Gasteiger charge is 2.27. The molecule has 3 rings (SSSR count). The SMILES string of the molecule is COC(=O)c1ccc(CN2CCN(Cc3cccc(C)n3)C(CCO)C2)cc1. The van der Waals surface area contributed by atoms with Gasteiger partial charge < -0.3 is 9.84 Å². The fourth-order valence-electron chi connectivity index (χ4n) is 3.75. The first-order valence-corrected chi connectivity index (χ1v) is 9.76. The molecule has 6 nitrogen and oxygen atoms in total. The van der Waals surface area contributed by atoms with Crippen molar-refractivity contribution in [2.45, 2.75) is 32.5 Å². The summed E-state index contributed by atoms with van der Waals surface area (Å²) in [5, 5.41) is 9.52. The summed E-state index contributed by atoms with van der Waals surface area (Å²) in [6, 6.07) is 14.0. The normalized spacial score (nSPS) is 18.2. The maximum atomic E-state index is 11.6. The van der Waals surface area contributed by atoms with Crippen LogP contribution in [0, 0.1) is 6.92 Å². The molecule has 150 valence electrons. The molecule has 0 amide bonds. The van der Waals surface area contributed by atoms with E-state index in [1.165, 1.54) is 12.7 Å². The van der Waals surface area contributed by atoms with Crippen molar-refractivity contribution in [1.29, 1.82) is 0 Å². The van der Waals surface area contributed by atoms with Gasteiger partial charge in [-0.15, -0.1) is 0 Å². The first kappa shape index (κ1) is 20.5. The number of esters is 1. The largest absolute Gasteiger partial charge is 0.465 e. The van der Waals surface area contributed by atoms with E-state index in [1.807, 2.05) is 43.3 Å². The standard InChI is InChI=1S/C22H29N3O3/c1-17-4-3-5-20(23-17)15-25-12-11-24(16-21(25)10-13-26)14-18-6-8-19(9-7-18)22(27)28-2/h3-9,21,26H,10-16H2,1-2H3. The van der Waals surface area contributed by atoms with Gasteiger partial charge in [0, 0.05) is 51.1 Å². The lowest BCUT2D eigenvalue weighted by Crippen LogP contribution is -2.52. The number of aromatic nitrogens is 1. The first-order chi connectivity index (χ1) is 13.6. The highest BCUT2D eigenvalue weighted by atomic mass is 16.5. The van der Waals surface area contributed by atoms with Crippen molar-refractivity contribution in [1.82, 2.24) is 14.8 Å². The van der Waals surface area contributed by atoms with Gasteiger partial charge in [0.15, 0.2) is 0 Å². The number of ether oxygens (including phenoxy) is 1. The minimum absolute atomic E-state index is 0.185. The van der Waals surface area contributed by atoms with Crippen molar-refractivity contribution >= 4 is 5.97 Å². The zero-order valence-corrected chi connectivity index (χ0v) is 16.7. The van der Waals surface area contributed by atoms with Crippen LogP contribution in [-0.4, -0.2) is 65.3 Å². The molecule has 1 N–H and O–H groups in total. The topological polar surface area (TPSA) is 65.9 Å². The highest BCUT2D eigenvalue weighted by Crippen LogP contribution is 2.18. The molecule has 0 spiro atoms. The lowest BCUT2D eigenvalue weighted by Gasteiger charge is -2.41. The molecule has 1 aliphatic rings. The summed E-state index contributed by atoms with van der Waals surface area (Å²) < 4.78 is 4.75. The van der Waals surface area contributed by atoms with E-state index in [0.717, 1.165) is 50.5 Å². The van der Waals surface area contributed by atoms with Crippen LogP contribution in [0.25, 0.3) is 0 Å². The number of benzene rings is 1. The van der Waals surface area contributed by atoms with Crippen molar-refractivity contribution in [3.8, 4) is 0 Å². The number of pyridine rings is 1. The van der Waals surface area contributed by atoms with Gasteiger partial charge in [0.1, 0.15) is 0 Å². The second kappa shape index (κ2) is 9.78. The molecule has 2 aromatic rings. The number of methoxy groups -OCH3 is 1. The molecule has 28 heavy (non-hydrogen) atoms. The second-order valence-corrected chi connectivity index (χ2v) is 7.33. The molecule has 0 saturated carbocycles. The average Bonchev–Trinajstić information content (AvgIpc) is 2.70. The number of aryl methyl sites for hydroxylation is 1.